The molecule has 0 spiro atoms. The van der Waals surface area contributed by atoms with Crippen LogP contribution in [0.1, 0.15) is 11.3 Å². The molecule has 0 bridgehead atoms. The Hall–Kier alpha value is -1.32. The highest BCUT2D eigenvalue weighted by atomic mass is 15.2. The van der Waals surface area contributed by atoms with Crippen molar-refractivity contribution >= 4 is 10.9 Å². The average Bonchev–Trinajstić information content (AvgIpc) is 2.65. The number of aryl methyl sites for hydroxylation is 1. The number of benzene rings is 1. The SMILES string of the molecule is Cc1ccc2c(c1)cc1n2CCN(CCN)C1. The molecule has 3 rings (SSSR count). The smallest absolute Gasteiger partial charge is 0.0483 e. The van der Waals surface area contributed by atoms with E-state index >= 15 is 0 Å². The van der Waals surface area contributed by atoms with Gasteiger partial charge >= 0.3 is 0 Å². The van der Waals surface area contributed by atoms with Gasteiger partial charge in [-0.15, -0.1) is 0 Å². The van der Waals surface area contributed by atoms with Gasteiger partial charge in [0.05, 0.1) is 0 Å². The van der Waals surface area contributed by atoms with Crippen LogP contribution >= 0.6 is 0 Å². The standard InChI is InChI=1S/C14H19N3/c1-11-2-3-14-12(8-11)9-13-10-16(5-4-15)6-7-17(13)14/h2-3,8-9H,4-7,10,15H2,1H3. The largest absolute Gasteiger partial charge is 0.342 e. The van der Waals surface area contributed by atoms with Crippen LogP contribution in [0, 0.1) is 6.92 Å². The molecule has 0 saturated carbocycles. The quantitative estimate of drug-likeness (QED) is 0.851. The summed E-state index contributed by atoms with van der Waals surface area (Å²) in [5.41, 5.74) is 9.75. The topological polar surface area (TPSA) is 34.2 Å². The summed E-state index contributed by atoms with van der Waals surface area (Å²) in [6.07, 6.45) is 0. The third-order valence-electron chi connectivity index (χ3n) is 3.61. The van der Waals surface area contributed by atoms with E-state index in [4.69, 9.17) is 5.73 Å². The van der Waals surface area contributed by atoms with E-state index in [0.717, 1.165) is 32.7 Å². The third-order valence-corrected chi connectivity index (χ3v) is 3.61. The number of aromatic nitrogens is 1. The van der Waals surface area contributed by atoms with Crippen LogP contribution in [0.15, 0.2) is 24.3 Å². The third kappa shape index (κ3) is 1.85. The lowest BCUT2D eigenvalue weighted by molar-refractivity contribution is 0.229. The normalized spacial score (nSPS) is 16.4. The summed E-state index contributed by atoms with van der Waals surface area (Å²) in [5, 5.41) is 1.37. The Balaban J connectivity index is 2.01. The fourth-order valence-electron chi connectivity index (χ4n) is 2.77. The zero-order valence-corrected chi connectivity index (χ0v) is 10.3. The van der Waals surface area contributed by atoms with Gasteiger partial charge in [-0.1, -0.05) is 11.6 Å². The van der Waals surface area contributed by atoms with Crippen LogP contribution in [0.25, 0.3) is 10.9 Å². The molecule has 1 aliphatic rings. The van der Waals surface area contributed by atoms with Crippen LogP contribution in [0.4, 0.5) is 0 Å². The lowest BCUT2D eigenvalue weighted by Gasteiger charge is -2.28. The number of hydrogen-bond acceptors (Lipinski definition) is 2. The minimum atomic E-state index is 0.749. The lowest BCUT2D eigenvalue weighted by atomic mass is 10.2. The van der Waals surface area contributed by atoms with Crippen molar-refractivity contribution in [1.29, 1.82) is 0 Å². The van der Waals surface area contributed by atoms with Crippen molar-refractivity contribution in [1.82, 2.24) is 9.47 Å². The fourth-order valence-corrected chi connectivity index (χ4v) is 2.77. The molecule has 1 aromatic heterocycles. The molecule has 17 heavy (non-hydrogen) atoms. The second-order valence-corrected chi connectivity index (χ2v) is 4.91. The molecule has 0 fully saturated rings. The molecule has 0 unspecified atom stereocenters. The number of nitrogens with zero attached hydrogens (tertiary/aromatic N) is 2. The van der Waals surface area contributed by atoms with Gasteiger partial charge in [-0.3, -0.25) is 4.90 Å². The Labute approximate surface area is 102 Å². The Morgan fingerprint density at radius 3 is 2.94 bits per heavy atom. The summed E-state index contributed by atoms with van der Waals surface area (Å²) < 4.78 is 2.45. The first-order valence-electron chi connectivity index (χ1n) is 6.29. The van der Waals surface area contributed by atoms with Crippen LogP contribution in [0.5, 0.6) is 0 Å². The van der Waals surface area contributed by atoms with Gasteiger partial charge in [-0.05, 0) is 25.1 Å². The average molecular weight is 229 g/mol. The Morgan fingerprint density at radius 2 is 2.12 bits per heavy atom. The zero-order valence-electron chi connectivity index (χ0n) is 10.3. The second kappa shape index (κ2) is 4.17. The molecule has 2 heterocycles. The number of fused-ring (bicyclic) bond motifs is 3. The molecule has 0 atom stereocenters. The fraction of sp³-hybridized carbons (Fsp3) is 0.429. The summed E-state index contributed by atoms with van der Waals surface area (Å²) in [5.74, 6) is 0. The van der Waals surface area contributed by atoms with Crippen molar-refractivity contribution in [2.45, 2.75) is 20.0 Å². The highest BCUT2D eigenvalue weighted by molar-refractivity contribution is 5.82. The molecule has 2 aromatic rings. The summed E-state index contributed by atoms with van der Waals surface area (Å²) in [4.78, 5) is 2.43. The first kappa shape index (κ1) is 10.8. The summed E-state index contributed by atoms with van der Waals surface area (Å²) >= 11 is 0. The lowest BCUT2D eigenvalue weighted by Crippen LogP contribution is -2.36. The monoisotopic (exact) mass is 229 g/mol. The van der Waals surface area contributed by atoms with Crippen LogP contribution in [0.3, 0.4) is 0 Å². The van der Waals surface area contributed by atoms with E-state index in [9.17, 15) is 0 Å². The molecule has 3 nitrogen and oxygen atoms in total. The summed E-state index contributed by atoms with van der Waals surface area (Å²) in [6.45, 7) is 7.13. The van der Waals surface area contributed by atoms with Crippen molar-refractivity contribution in [2.75, 3.05) is 19.6 Å². The Kier molecular flexibility index (Phi) is 2.65. The maximum Gasteiger partial charge on any atom is 0.0483 e. The van der Waals surface area contributed by atoms with Crippen LogP contribution in [-0.4, -0.2) is 29.1 Å². The van der Waals surface area contributed by atoms with Gasteiger partial charge in [0, 0.05) is 49.3 Å². The molecule has 3 heteroatoms. The van der Waals surface area contributed by atoms with E-state index < -0.39 is 0 Å². The molecule has 1 aromatic carbocycles. The zero-order chi connectivity index (χ0) is 11.8. The van der Waals surface area contributed by atoms with E-state index in [2.05, 4.69) is 40.7 Å². The van der Waals surface area contributed by atoms with Crippen molar-refractivity contribution in [3.05, 3.63) is 35.5 Å². The first-order valence-corrected chi connectivity index (χ1v) is 6.29. The molecule has 2 N–H and O–H groups in total. The molecule has 0 saturated heterocycles. The molecular weight excluding hydrogens is 210 g/mol. The predicted molar refractivity (Wildman–Crippen MR) is 71.0 cm³/mol. The van der Waals surface area contributed by atoms with Gasteiger partial charge in [-0.2, -0.15) is 0 Å². The van der Waals surface area contributed by atoms with E-state index in [-0.39, 0.29) is 0 Å². The van der Waals surface area contributed by atoms with Crippen LogP contribution < -0.4 is 5.73 Å². The van der Waals surface area contributed by atoms with E-state index in [1.54, 1.807) is 0 Å². The van der Waals surface area contributed by atoms with Crippen LogP contribution in [0.2, 0.25) is 0 Å². The molecule has 0 aliphatic carbocycles. The van der Waals surface area contributed by atoms with Gasteiger partial charge in [0.25, 0.3) is 0 Å². The number of nitrogens with two attached hydrogens (primary N) is 1. The molecular formula is C14H19N3. The van der Waals surface area contributed by atoms with Crippen molar-refractivity contribution < 1.29 is 0 Å². The molecule has 1 aliphatic heterocycles. The highest BCUT2D eigenvalue weighted by Gasteiger charge is 2.17. The van der Waals surface area contributed by atoms with Crippen molar-refractivity contribution in [3.8, 4) is 0 Å². The van der Waals surface area contributed by atoms with E-state index in [1.165, 1.54) is 22.2 Å². The molecule has 0 radical (unpaired) electrons. The first-order chi connectivity index (χ1) is 8.28. The molecule has 90 valence electrons. The highest BCUT2D eigenvalue weighted by Crippen LogP contribution is 2.24. The molecule has 0 amide bonds. The van der Waals surface area contributed by atoms with E-state index in [1.807, 2.05) is 0 Å². The predicted octanol–water partition coefficient (Wildman–Crippen LogP) is 1.72. The van der Waals surface area contributed by atoms with E-state index in [0.29, 0.717) is 0 Å². The van der Waals surface area contributed by atoms with Gasteiger partial charge in [0.15, 0.2) is 0 Å². The summed E-state index contributed by atoms with van der Waals surface area (Å²) in [6, 6.07) is 9.04. The number of rotatable bonds is 2. The minimum Gasteiger partial charge on any atom is -0.342 e. The van der Waals surface area contributed by atoms with Gasteiger partial charge in [0.1, 0.15) is 0 Å². The minimum absolute atomic E-state index is 0.749. The van der Waals surface area contributed by atoms with Crippen molar-refractivity contribution in [2.24, 2.45) is 5.73 Å². The van der Waals surface area contributed by atoms with Crippen LogP contribution in [-0.2, 0) is 13.1 Å². The summed E-state index contributed by atoms with van der Waals surface area (Å²) in [7, 11) is 0. The Bertz CT molecular complexity index is 542. The van der Waals surface area contributed by atoms with Gasteiger partial charge < -0.3 is 10.3 Å². The van der Waals surface area contributed by atoms with Crippen molar-refractivity contribution in [3.63, 3.8) is 0 Å². The Morgan fingerprint density at radius 1 is 1.24 bits per heavy atom. The number of hydrogen-bond donors (Lipinski definition) is 1. The maximum absolute atomic E-state index is 5.63. The van der Waals surface area contributed by atoms with Gasteiger partial charge in [0.2, 0.25) is 0 Å². The maximum atomic E-state index is 5.63. The second-order valence-electron chi connectivity index (χ2n) is 4.91. The van der Waals surface area contributed by atoms with Gasteiger partial charge in [-0.25, -0.2) is 0 Å².